The minimum absolute atomic E-state index is 0.00286. The highest BCUT2D eigenvalue weighted by Gasteiger charge is 2.19. The van der Waals surface area contributed by atoms with Gasteiger partial charge in [-0.25, -0.2) is 0 Å². The van der Waals surface area contributed by atoms with Crippen molar-refractivity contribution in [3.05, 3.63) is 35.9 Å². The second-order valence-electron chi connectivity index (χ2n) is 5.99. The predicted molar refractivity (Wildman–Crippen MR) is 89.5 cm³/mol. The molecule has 6 heteroatoms. The van der Waals surface area contributed by atoms with Gasteiger partial charge in [-0.05, 0) is 37.4 Å². The van der Waals surface area contributed by atoms with E-state index in [1.165, 1.54) is 5.56 Å². The molecule has 1 saturated heterocycles. The van der Waals surface area contributed by atoms with Crippen molar-refractivity contribution in [3.63, 3.8) is 0 Å². The summed E-state index contributed by atoms with van der Waals surface area (Å²) < 4.78 is 0. The summed E-state index contributed by atoms with van der Waals surface area (Å²) in [7, 11) is 0. The maximum Gasteiger partial charge on any atom is 0.239 e. The van der Waals surface area contributed by atoms with Crippen molar-refractivity contribution in [1.29, 1.82) is 0 Å². The standard InChI is InChI=1S/C17H26N4O2/c18-10-16(22)20-12-17(23)19-11-14-6-8-21(9-7-14)13-15-4-2-1-3-5-15/h1-5,14H,6-13,18H2,(H,19,23)(H,20,22). The molecular weight excluding hydrogens is 292 g/mol. The lowest BCUT2D eigenvalue weighted by atomic mass is 9.96. The van der Waals surface area contributed by atoms with E-state index in [2.05, 4.69) is 39.8 Å². The van der Waals surface area contributed by atoms with Crippen molar-refractivity contribution in [2.24, 2.45) is 11.7 Å². The number of nitrogens with one attached hydrogen (secondary N) is 2. The van der Waals surface area contributed by atoms with Crippen LogP contribution in [-0.4, -0.2) is 49.4 Å². The summed E-state index contributed by atoms with van der Waals surface area (Å²) in [6, 6.07) is 10.5. The minimum atomic E-state index is -0.311. The molecule has 2 amide bonds. The van der Waals surface area contributed by atoms with E-state index in [4.69, 9.17) is 5.73 Å². The normalized spacial score (nSPS) is 16.0. The van der Waals surface area contributed by atoms with Crippen LogP contribution in [0.1, 0.15) is 18.4 Å². The fourth-order valence-electron chi connectivity index (χ4n) is 2.76. The molecule has 0 spiro atoms. The van der Waals surface area contributed by atoms with Crippen LogP contribution in [-0.2, 0) is 16.1 Å². The molecule has 1 aliphatic heterocycles. The first-order valence-electron chi connectivity index (χ1n) is 8.17. The molecule has 1 aromatic rings. The summed E-state index contributed by atoms with van der Waals surface area (Å²) in [4.78, 5) is 25.1. The molecule has 1 aromatic carbocycles. The second kappa shape index (κ2) is 9.27. The lowest BCUT2D eigenvalue weighted by Gasteiger charge is -2.32. The summed E-state index contributed by atoms with van der Waals surface area (Å²) in [6.45, 7) is 3.69. The van der Waals surface area contributed by atoms with Gasteiger partial charge < -0.3 is 16.4 Å². The number of nitrogens with zero attached hydrogens (tertiary/aromatic N) is 1. The summed E-state index contributed by atoms with van der Waals surface area (Å²) in [5.41, 5.74) is 6.51. The van der Waals surface area contributed by atoms with Crippen LogP contribution in [0.2, 0.25) is 0 Å². The van der Waals surface area contributed by atoms with Gasteiger partial charge in [0.05, 0.1) is 13.1 Å². The van der Waals surface area contributed by atoms with Gasteiger partial charge in [0.2, 0.25) is 11.8 Å². The molecule has 0 saturated carbocycles. The van der Waals surface area contributed by atoms with E-state index in [0.29, 0.717) is 12.5 Å². The molecule has 4 N–H and O–H groups in total. The first kappa shape index (κ1) is 17.4. The van der Waals surface area contributed by atoms with Crippen molar-refractivity contribution in [1.82, 2.24) is 15.5 Å². The van der Waals surface area contributed by atoms with Crippen LogP contribution in [0.3, 0.4) is 0 Å². The Hall–Kier alpha value is -1.92. The number of piperidine rings is 1. The topological polar surface area (TPSA) is 87.5 Å². The number of nitrogens with two attached hydrogens (primary N) is 1. The molecule has 0 atom stereocenters. The number of benzene rings is 1. The van der Waals surface area contributed by atoms with Gasteiger partial charge in [0.1, 0.15) is 0 Å². The number of likely N-dealkylation sites (tertiary alicyclic amines) is 1. The van der Waals surface area contributed by atoms with E-state index in [1.807, 2.05) is 6.07 Å². The molecule has 1 aliphatic rings. The highest BCUT2D eigenvalue weighted by Crippen LogP contribution is 2.18. The van der Waals surface area contributed by atoms with Gasteiger partial charge in [0, 0.05) is 13.1 Å². The largest absolute Gasteiger partial charge is 0.354 e. The number of carbonyl (C=O) groups excluding carboxylic acids is 2. The van der Waals surface area contributed by atoms with Gasteiger partial charge in [-0.1, -0.05) is 30.3 Å². The monoisotopic (exact) mass is 318 g/mol. The third-order valence-corrected chi connectivity index (χ3v) is 4.18. The van der Waals surface area contributed by atoms with Crippen molar-refractivity contribution < 1.29 is 9.59 Å². The Balaban J connectivity index is 1.61. The lowest BCUT2D eigenvalue weighted by molar-refractivity contribution is -0.125. The van der Waals surface area contributed by atoms with Gasteiger partial charge in [-0.2, -0.15) is 0 Å². The van der Waals surface area contributed by atoms with Crippen molar-refractivity contribution in [2.45, 2.75) is 19.4 Å². The van der Waals surface area contributed by atoms with E-state index in [9.17, 15) is 9.59 Å². The highest BCUT2D eigenvalue weighted by atomic mass is 16.2. The third-order valence-electron chi connectivity index (χ3n) is 4.18. The van der Waals surface area contributed by atoms with Gasteiger partial charge in [-0.15, -0.1) is 0 Å². The maximum atomic E-state index is 11.6. The summed E-state index contributed by atoms with van der Waals surface area (Å²) in [5, 5.41) is 5.35. The Kier molecular flexibility index (Phi) is 7.03. The Bertz CT molecular complexity index is 499. The van der Waals surface area contributed by atoms with Crippen molar-refractivity contribution >= 4 is 11.8 Å². The molecular formula is C17H26N4O2. The van der Waals surface area contributed by atoms with Crippen LogP contribution in [0.15, 0.2) is 30.3 Å². The zero-order valence-corrected chi connectivity index (χ0v) is 13.5. The van der Waals surface area contributed by atoms with Crippen molar-refractivity contribution in [2.75, 3.05) is 32.7 Å². The molecule has 1 fully saturated rings. The molecule has 0 aliphatic carbocycles. The number of carbonyl (C=O) groups is 2. The predicted octanol–water partition coefficient (Wildman–Crippen LogP) is 0.0897. The Morgan fingerprint density at radius 1 is 1.09 bits per heavy atom. The van der Waals surface area contributed by atoms with E-state index >= 15 is 0 Å². The quantitative estimate of drug-likeness (QED) is 0.665. The van der Waals surface area contributed by atoms with Gasteiger partial charge >= 0.3 is 0 Å². The van der Waals surface area contributed by atoms with Crippen LogP contribution in [0, 0.1) is 5.92 Å². The molecule has 0 bridgehead atoms. The molecule has 0 unspecified atom stereocenters. The number of amides is 2. The third kappa shape index (κ3) is 6.38. The lowest BCUT2D eigenvalue weighted by Crippen LogP contribution is -2.42. The van der Waals surface area contributed by atoms with E-state index in [-0.39, 0.29) is 24.9 Å². The fourth-order valence-corrected chi connectivity index (χ4v) is 2.76. The fraction of sp³-hybridized carbons (Fsp3) is 0.529. The summed E-state index contributed by atoms with van der Waals surface area (Å²) in [5.74, 6) is 0.0454. The molecule has 0 radical (unpaired) electrons. The maximum absolute atomic E-state index is 11.6. The van der Waals surface area contributed by atoms with E-state index < -0.39 is 0 Å². The molecule has 1 heterocycles. The minimum Gasteiger partial charge on any atom is -0.354 e. The number of rotatable bonds is 7. The Morgan fingerprint density at radius 3 is 2.43 bits per heavy atom. The van der Waals surface area contributed by atoms with E-state index in [1.54, 1.807) is 0 Å². The first-order valence-corrected chi connectivity index (χ1v) is 8.17. The average Bonchev–Trinajstić information content (AvgIpc) is 2.60. The van der Waals surface area contributed by atoms with Gasteiger partial charge in [0.25, 0.3) is 0 Å². The summed E-state index contributed by atoms with van der Waals surface area (Å²) in [6.07, 6.45) is 2.17. The van der Waals surface area contributed by atoms with Crippen LogP contribution in [0.25, 0.3) is 0 Å². The summed E-state index contributed by atoms with van der Waals surface area (Å²) >= 11 is 0. The van der Waals surface area contributed by atoms with Crippen molar-refractivity contribution in [3.8, 4) is 0 Å². The smallest absolute Gasteiger partial charge is 0.239 e. The van der Waals surface area contributed by atoms with Crippen LogP contribution in [0.5, 0.6) is 0 Å². The zero-order valence-electron chi connectivity index (χ0n) is 13.5. The molecule has 2 rings (SSSR count). The van der Waals surface area contributed by atoms with Crippen LogP contribution >= 0.6 is 0 Å². The Labute approximate surface area is 137 Å². The van der Waals surface area contributed by atoms with Crippen LogP contribution < -0.4 is 16.4 Å². The van der Waals surface area contributed by atoms with E-state index in [0.717, 1.165) is 32.5 Å². The molecule has 126 valence electrons. The van der Waals surface area contributed by atoms with Gasteiger partial charge in [0.15, 0.2) is 0 Å². The Morgan fingerprint density at radius 2 is 1.78 bits per heavy atom. The SMILES string of the molecule is NCC(=O)NCC(=O)NCC1CCN(Cc2ccccc2)CC1. The second-order valence-corrected chi connectivity index (χ2v) is 5.99. The highest BCUT2D eigenvalue weighted by molar-refractivity contribution is 5.85. The molecule has 6 nitrogen and oxygen atoms in total. The van der Waals surface area contributed by atoms with Crippen LogP contribution in [0.4, 0.5) is 0 Å². The zero-order chi connectivity index (χ0) is 16.5. The number of hydrogen-bond acceptors (Lipinski definition) is 4. The first-order chi connectivity index (χ1) is 11.2. The number of hydrogen-bond donors (Lipinski definition) is 3. The molecule has 23 heavy (non-hydrogen) atoms. The van der Waals surface area contributed by atoms with Gasteiger partial charge in [-0.3, -0.25) is 14.5 Å². The molecule has 0 aromatic heterocycles. The average molecular weight is 318 g/mol.